The fourth-order valence-electron chi connectivity index (χ4n) is 3.82. The topological polar surface area (TPSA) is 73.8 Å². The predicted molar refractivity (Wildman–Crippen MR) is 118 cm³/mol. The molecular weight excluding hydrogens is 424 g/mol. The lowest BCUT2D eigenvalue weighted by Gasteiger charge is -2.17. The van der Waals surface area contributed by atoms with E-state index in [9.17, 15) is 4.79 Å². The van der Waals surface area contributed by atoms with Gasteiger partial charge in [0.2, 0.25) is 11.7 Å². The molecule has 0 atom stereocenters. The molecule has 1 aliphatic rings. The van der Waals surface area contributed by atoms with Gasteiger partial charge in [0.15, 0.2) is 5.16 Å². The van der Waals surface area contributed by atoms with Gasteiger partial charge < -0.3 is 4.52 Å². The minimum absolute atomic E-state index is 0.0936. The van der Waals surface area contributed by atoms with Crippen molar-refractivity contribution in [2.24, 2.45) is 0 Å². The molecule has 0 saturated heterocycles. The summed E-state index contributed by atoms with van der Waals surface area (Å²) >= 11 is 4.68. The van der Waals surface area contributed by atoms with E-state index in [-0.39, 0.29) is 11.6 Å². The van der Waals surface area contributed by atoms with E-state index in [4.69, 9.17) is 9.51 Å². The fraction of sp³-hybridized carbons (Fsp3) is 0.400. The lowest BCUT2D eigenvalue weighted by Crippen LogP contribution is -2.26. The molecule has 0 aliphatic heterocycles. The zero-order valence-electron chi connectivity index (χ0n) is 16.2. The van der Waals surface area contributed by atoms with E-state index in [1.807, 2.05) is 29.0 Å². The maximum absolute atomic E-state index is 13.4. The third-order valence-electron chi connectivity index (χ3n) is 5.43. The average Bonchev–Trinajstić information content (AvgIpc) is 3.49. The second-order valence-corrected chi connectivity index (χ2v) is 10.3. The Hall–Kier alpha value is -1.97. The highest BCUT2D eigenvalue weighted by Crippen LogP contribution is 2.35. The number of thiophene rings is 2. The molecule has 4 aromatic heterocycles. The van der Waals surface area contributed by atoms with Crippen LogP contribution in [0.4, 0.5) is 0 Å². The maximum Gasteiger partial charge on any atom is 0.263 e. The standard InChI is InChI=1S/C20H20N4O2S3/c1-11-12(2)29-18-16(11)19(25)24(13-6-3-4-7-13)20(22-18)28-10-15-21-17(23-26-15)14-8-5-9-27-14/h5,8-9,13H,3-4,6-7,10H2,1-2H3. The van der Waals surface area contributed by atoms with Gasteiger partial charge in [0.05, 0.1) is 16.0 Å². The lowest BCUT2D eigenvalue weighted by molar-refractivity contribution is 0.391. The minimum Gasteiger partial charge on any atom is -0.338 e. The molecule has 0 aromatic carbocycles. The third-order valence-corrected chi connectivity index (χ3v) is 8.33. The number of hydrogen-bond donors (Lipinski definition) is 0. The maximum atomic E-state index is 13.4. The minimum atomic E-state index is 0.0936. The number of fused-ring (bicyclic) bond motifs is 1. The van der Waals surface area contributed by atoms with Crippen molar-refractivity contribution in [3.63, 3.8) is 0 Å². The molecular formula is C20H20N4O2S3. The van der Waals surface area contributed by atoms with Crippen LogP contribution < -0.4 is 5.56 Å². The van der Waals surface area contributed by atoms with Crippen LogP contribution in [0.5, 0.6) is 0 Å². The van der Waals surface area contributed by atoms with Crippen molar-refractivity contribution in [3.05, 3.63) is 44.2 Å². The Balaban J connectivity index is 1.50. The van der Waals surface area contributed by atoms with Crippen molar-refractivity contribution >= 4 is 44.7 Å². The first-order valence-corrected chi connectivity index (χ1v) is 12.3. The number of rotatable bonds is 5. The molecule has 4 aromatic rings. The summed E-state index contributed by atoms with van der Waals surface area (Å²) in [5.74, 6) is 1.65. The molecule has 0 bridgehead atoms. The van der Waals surface area contributed by atoms with E-state index in [1.165, 1.54) is 11.8 Å². The van der Waals surface area contributed by atoms with Gasteiger partial charge in [0.25, 0.3) is 5.56 Å². The van der Waals surface area contributed by atoms with Crippen LogP contribution in [0.2, 0.25) is 0 Å². The first kappa shape index (κ1) is 19.0. The van der Waals surface area contributed by atoms with Crippen LogP contribution in [0.25, 0.3) is 20.9 Å². The molecule has 0 N–H and O–H groups in total. The largest absolute Gasteiger partial charge is 0.338 e. The van der Waals surface area contributed by atoms with Crippen LogP contribution in [-0.4, -0.2) is 19.7 Å². The third kappa shape index (κ3) is 3.45. The summed E-state index contributed by atoms with van der Waals surface area (Å²) in [6, 6.07) is 4.17. The molecule has 1 fully saturated rings. The second kappa shape index (κ2) is 7.70. The van der Waals surface area contributed by atoms with Gasteiger partial charge in [-0.25, -0.2) is 4.98 Å². The first-order valence-electron chi connectivity index (χ1n) is 9.63. The number of hydrogen-bond acceptors (Lipinski definition) is 8. The molecule has 1 aliphatic carbocycles. The van der Waals surface area contributed by atoms with Gasteiger partial charge in [-0.2, -0.15) is 4.98 Å². The Bertz CT molecular complexity index is 1220. The fourth-order valence-corrected chi connectivity index (χ4v) is 6.44. The Morgan fingerprint density at radius 2 is 2.10 bits per heavy atom. The predicted octanol–water partition coefficient (Wildman–Crippen LogP) is 5.59. The molecule has 0 radical (unpaired) electrons. The molecule has 9 heteroatoms. The summed E-state index contributed by atoms with van der Waals surface area (Å²) in [7, 11) is 0. The van der Waals surface area contributed by atoms with Crippen LogP contribution >= 0.6 is 34.4 Å². The van der Waals surface area contributed by atoms with Crippen molar-refractivity contribution in [1.82, 2.24) is 19.7 Å². The summed E-state index contributed by atoms with van der Waals surface area (Å²) in [4.78, 5) is 25.8. The average molecular weight is 445 g/mol. The van der Waals surface area contributed by atoms with Gasteiger partial charge in [0, 0.05) is 10.9 Å². The van der Waals surface area contributed by atoms with E-state index in [0.29, 0.717) is 17.5 Å². The normalized spacial score (nSPS) is 15.0. The van der Waals surface area contributed by atoms with E-state index >= 15 is 0 Å². The van der Waals surface area contributed by atoms with Crippen molar-refractivity contribution in [1.29, 1.82) is 0 Å². The highest BCUT2D eigenvalue weighted by molar-refractivity contribution is 7.98. The highest BCUT2D eigenvalue weighted by Gasteiger charge is 2.25. The summed E-state index contributed by atoms with van der Waals surface area (Å²) in [6.45, 7) is 4.08. The van der Waals surface area contributed by atoms with Gasteiger partial charge in [-0.05, 0) is 43.7 Å². The van der Waals surface area contributed by atoms with E-state index in [0.717, 1.165) is 56.4 Å². The Morgan fingerprint density at radius 3 is 2.86 bits per heavy atom. The molecule has 5 rings (SSSR count). The highest BCUT2D eigenvalue weighted by atomic mass is 32.2. The monoisotopic (exact) mass is 444 g/mol. The van der Waals surface area contributed by atoms with Crippen LogP contribution in [0.15, 0.2) is 32.0 Å². The van der Waals surface area contributed by atoms with Crippen LogP contribution in [-0.2, 0) is 5.75 Å². The smallest absolute Gasteiger partial charge is 0.263 e. The van der Waals surface area contributed by atoms with E-state index in [1.54, 1.807) is 22.7 Å². The number of thioether (sulfide) groups is 1. The second-order valence-electron chi connectivity index (χ2n) is 7.25. The van der Waals surface area contributed by atoms with Crippen molar-refractivity contribution in [2.45, 2.75) is 56.5 Å². The van der Waals surface area contributed by atoms with Crippen LogP contribution in [0.3, 0.4) is 0 Å². The molecule has 6 nitrogen and oxygen atoms in total. The van der Waals surface area contributed by atoms with Gasteiger partial charge in [0.1, 0.15) is 4.83 Å². The number of aryl methyl sites for hydroxylation is 2. The molecule has 1 saturated carbocycles. The quantitative estimate of drug-likeness (QED) is 0.295. The molecule has 4 heterocycles. The molecule has 0 amide bonds. The number of nitrogens with zero attached hydrogens (tertiary/aromatic N) is 4. The zero-order valence-corrected chi connectivity index (χ0v) is 18.6. The van der Waals surface area contributed by atoms with Crippen LogP contribution in [0, 0.1) is 13.8 Å². The SMILES string of the molecule is Cc1sc2nc(SCc3nc(-c4cccs4)no3)n(C3CCCC3)c(=O)c2c1C. The first-order chi connectivity index (χ1) is 14.1. The number of aromatic nitrogens is 4. The van der Waals surface area contributed by atoms with Gasteiger partial charge in [-0.1, -0.05) is 35.8 Å². The molecule has 0 unspecified atom stereocenters. The Kier molecular flexibility index (Phi) is 5.05. The van der Waals surface area contributed by atoms with Crippen molar-refractivity contribution < 1.29 is 4.52 Å². The van der Waals surface area contributed by atoms with Gasteiger partial charge >= 0.3 is 0 Å². The molecule has 150 valence electrons. The summed E-state index contributed by atoms with van der Waals surface area (Å²) < 4.78 is 7.35. The Morgan fingerprint density at radius 1 is 1.28 bits per heavy atom. The van der Waals surface area contributed by atoms with E-state index < -0.39 is 0 Å². The summed E-state index contributed by atoms with van der Waals surface area (Å²) in [5, 5.41) is 7.60. The summed E-state index contributed by atoms with van der Waals surface area (Å²) in [5.41, 5.74) is 1.15. The molecule has 0 spiro atoms. The Labute approximate surface area is 180 Å². The molecule has 29 heavy (non-hydrogen) atoms. The van der Waals surface area contributed by atoms with Gasteiger partial charge in [-0.3, -0.25) is 9.36 Å². The zero-order chi connectivity index (χ0) is 20.0. The van der Waals surface area contributed by atoms with Crippen molar-refractivity contribution in [3.8, 4) is 10.7 Å². The van der Waals surface area contributed by atoms with Crippen molar-refractivity contribution in [2.75, 3.05) is 0 Å². The van der Waals surface area contributed by atoms with Gasteiger partial charge in [-0.15, -0.1) is 22.7 Å². The lowest BCUT2D eigenvalue weighted by atomic mass is 10.2. The summed E-state index contributed by atoms with van der Waals surface area (Å²) in [6.07, 6.45) is 4.39. The van der Waals surface area contributed by atoms with Crippen LogP contribution in [0.1, 0.15) is 48.1 Å². The van der Waals surface area contributed by atoms with E-state index in [2.05, 4.69) is 17.1 Å².